The fourth-order valence-corrected chi connectivity index (χ4v) is 2.45. The molecule has 0 spiro atoms. The number of rotatable bonds is 4. The van der Waals surface area contributed by atoms with Crippen LogP contribution < -0.4 is 11.2 Å². The molecule has 1 aromatic heterocycles. The van der Waals surface area contributed by atoms with Gasteiger partial charge in [-0.2, -0.15) is 5.10 Å². The Morgan fingerprint density at radius 2 is 1.86 bits per heavy atom. The Morgan fingerprint density at radius 1 is 1.14 bits per heavy atom. The van der Waals surface area contributed by atoms with Crippen LogP contribution >= 0.6 is 0 Å². The van der Waals surface area contributed by atoms with Gasteiger partial charge in [0, 0.05) is 29.2 Å². The van der Waals surface area contributed by atoms with Gasteiger partial charge in [0.1, 0.15) is 0 Å². The van der Waals surface area contributed by atoms with Crippen molar-refractivity contribution in [2.75, 3.05) is 0 Å². The second kappa shape index (κ2) is 6.13. The summed E-state index contributed by atoms with van der Waals surface area (Å²) in [5, 5.41) is 4.93. The molecule has 0 saturated heterocycles. The first-order chi connectivity index (χ1) is 10.7. The average Bonchev–Trinajstić information content (AvgIpc) is 2.86. The highest BCUT2D eigenvalue weighted by Crippen LogP contribution is 2.21. The molecule has 5 heteroatoms. The Labute approximate surface area is 128 Å². The Morgan fingerprint density at radius 3 is 2.64 bits per heavy atom. The van der Waals surface area contributed by atoms with Gasteiger partial charge in [-0.25, -0.2) is 10.2 Å². The lowest BCUT2D eigenvalue weighted by molar-refractivity contribution is 0.249. The molecule has 0 aliphatic rings. The molecule has 3 aromatic rings. The number of nitrogens with one attached hydrogen (secondary N) is 1. The summed E-state index contributed by atoms with van der Waals surface area (Å²) in [6.45, 7) is 0.776. The van der Waals surface area contributed by atoms with E-state index in [0.717, 1.165) is 23.0 Å². The number of hydrazone groups is 1. The minimum absolute atomic E-state index is 0.677. The third-order valence-electron chi connectivity index (χ3n) is 3.39. The van der Waals surface area contributed by atoms with Crippen molar-refractivity contribution in [3.63, 3.8) is 0 Å². The fourth-order valence-electron chi connectivity index (χ4n) is 2.45. The molecule has 0 aliphatic carbocycles. The van der Waals surface area contributed by atoms with Gasteiger partial charge in [0.05, 0.1) is 6.21 Å². The van der Waals surface area contributed by atoms with Crippen LogP contribution in [0, 0.1) is 0 Å². The topological polar surface area (TPSA) is 72.4 Å². The summed E-state index contributed by atoms with van der Waals surface area (Å²) in [6, 6.07) is 17.7. The summed E-state index contributed by atoms with van der Waals surface area (Å²) in [6.07, 6.45) is 3.62. The van der Waals surface area contributed by atoms with Crippen LogP contribution in [0.3, 0.4) is 0 Å². The van der Waals surface area contributed by atoms with Crippen LogP contribution in [-0.2, 0) is 6.54 Å². The monoisotopic (exact) mass is 292 g/mol. The predicted octanol–water partition coefficient (Wildman–Crippen LogP) is 2.69. The number of para-hydroxylation sites is 1. The Bertz CT molecular complexity index is 821. The number of benzene rings is 2. The summed E-state index contributed by atoms with van der Waals surface area (Å²) < 4.78 is 2.16. The van der Waals surface area contributed by atoms with E-state index < -0.39 is 6.03 Å². The Balaban J connectivity index is 1.97. The maximum absolute atomic E-state index is 10.7. The minimum atomic E-state index is -0.677. The highest BCUT2D eigenvalue weighted by Gasteiger charge is 2.06. The molecule has 2 aromatic carbocycles. The molecule has 3 rings (SSSR count). The van der Waals surface area contributed by atoms with E-state index in [1.165, 1.54) is 5.56 Å². The summed E-state index contributed by atoms with van der Waals surface area (Å²) in [5.41, 5.74) is 10.5. The lowest BCUT2D eigenvalue weighted by Gasteiger charge is -2.05. The largest absolute Gasteiger partial charge is 0.350 e. The third kappa shape index (κ3) is 2.98. The van der Waals surface area contributed by atoms with E-state index in [1.807, 2.05) is 42.6 Å². The van der Waals surface area contributed by atoms with Gasteiger partial charge < -0.3 is 10.3 Å². The first-order valence-corrected chi connectivity index (χ1v) is 6.94. The molecule has 0 aliphatic heterocycles. The maximum Gasteiger partial charge on any atom is 0.332 e. The van der Waals surface area contributed by atoms with E-state index in [0.29, 0.717) is 0 Å². The van der Waals surface area contributed by atoms with E-state index in [-0.39, 0.29) is 0 Å². The van der Waals surface area contributed by atoms with Crippen molar-refractivity contribution in [2.24, 2.45) is 10.8 Å². The van der Waals surface area contributed by atoms with E-state index in [2.05, 4.69) is 33.3 Å². The second-order valence-electron chi connectivity index (χ2n) is 4.95. The number of nitrogens with zero attached hydrogens (tertiary/aromatic N) is 2. The van der Waals surface area contributed by atoms with Crippen molar-refractivity contribution < 1.29 is 4.79 Å². The molecule has 0 unspecified atom stereocenters. The van der Waals surface area contributed by atoms with Crippen molar-refractivity contribution in [2.45, 2.75) is 6.54 Å². The van der Waals surface area contributed by atoms with Crippen molar-refractivity contribution in [3.05, 3.63) is 71.9 Å². The minimum Gasteiger partial charge on any atom is -0.350 e. The molecule has 5 nitrogen and oxygen atoms in total. The zero-order valence-corrected chi connectivity index (χ0v) is 11.9. The molecule has 2 amide bonds. The predicted molar refractivity (Wildman–Crippen MR) is 87.8 cm³/mol. The molecular weight excluding hydrogens is 276 g/mol. The first kappa shape index (κ1) is 13.9. The second-order valence-corrected chi connectivity index (χ2v) is 4.95. The zero-order chi connectivity index (χ0) is 15.4. The smallest absolute Gasteiger partial charge is 0.332 e. The number of nitrogens with two attached hydrogens (primary N) is 1. The number of fused-ring (bicyclic) bond motifs is 1. The third-order valence-corrected chi connectivity index (χ3v) is 3.39. The number of hydrogen-bond acceptors (Lipinski definition) is 2. The highest BCUT2D eigenvalue weighted by atomic mass is 16.2. The molecule has 3 N–H and O–H groups in total. The number of hydrogen-bond donors (Lipinski definition) is 2. The molecule has 0 saturated carbocycles. The van der Waals surface area contributed by atoms with Crippen LogP contribution in [0.25, 0.3) is 10.9 Å². The zero-order valence-electron chi connectivity index (χ0n) is 11.9. The van der Waals surface area contributed by atoms with Crippen molar-refractivity contribution in [1.29, 1.82) is 0 Å². The molecule has 0 radical (unpaired) electrons. The number of carbonyl (C=O) groups excluding carboxylic acids is 1. The average molecular weight is 292 g/mol. The van der Waals surface area contributed by atoms with Gasteiger partial charge in [0.25, 0.3) is 0 Å². The SMILES string of the molecule is NC(=O)N/N=C\c1cn(Cc2ccccc2)c2ccccc12. The molecule has 22 heavy (non-hydrogen) atoms. The molecule has 110 valence electrons. The van der Waals surface area contributed by atoms with E-state index >= 15 is 0 Å². The van der Waals surface area contributed by atoms with Crippen LogP contribution in [0.5, 0.6) is 0 Å². The van der Waals surface area contributed by atoms with Crippen LogP contribution in [0.15, 0.2) is 65.9 Å². The lowest BCUT2D eigenvalue weighted by atomic mass is 10.2. The van der Waals surface area contributed by atoms with Gasteiger partial charge in [-0.1, -0.05) is 48.5 Å². The molecular formula is C17H16N4O. The standard InChI is InChI=1S/C17H16N4O/c18-17(22)20-19-10-14-12-21(11-13-6-2-1-3-7-13)16-9-5-4-8-15(14)16/h1-10,12H,11H2,(H3,18,20,22)/b19-10-. The fraction of sp³-hybridized carbons (Fsp3) is 0.0588. The lowest BCUT2D eigenvalue weighted by Crippen LogP contribution is -2.24. The Kier molecular flexibility index (Phi) is 3.87. The van der Waals surface area contributed by atoms with Crippen molar-refractivity contribution in [3.8, 4) is 0 Å². The normalized spacial score (nSPS) is 11.1. The van der Waals surface area contributed by atoms with Crippen molar-refractivity contribution >= 4 is 23.1 Å². The summed E-state index contributed by atoms with van der Waals surface area (Å²) >= 11 is 0. The number of amides is 2. The quantitative estimate of drug-likeness (QED) is 0.563. The van der Waals surface area contributed by atoms with E-state index in [9.17, 15) is 4.79 Å². The van der Waals surface area contributed by atoms with E-state index in [1.54, 1.807) is 6.21 Å². The van der Waals surface area contributed by atoms with E-state index in [4.69, 9.17) is 5.73 Å². The van der Waals surface area contributed by atoms with Crippen LogP contribution in [-0.4, -0.2) is 16.8 Å². The highest BCUT2D eigenvalue weighted by molar-refractivity contribution is 5.99. The summed E-state index contributed by atoms with van der Waals surface area (Å²) in [4.78, 5) is 10.7. The summed E-state index contributed by atoms with van der Waals surface area (Å²) in [7, 11) is 0. The molecule has 1 heterocycles. The van der Waals surface area contributed by atoms with Crippen LogP contribution in [0.4, 0.5) is 4.79 Å². The van der Waals surface area contributed by atoms with Gasteiger partial charge in [-0.15, -0.1) is 0 Å². The van der Waals surface area contributed by atoms with Gasteiger partial charge >= 0.3 is 6.03 Å². The molecule has 0 fully saturated rings. The first-order valence-electron chi connectivity index (χ1n) is 6.94. The maximum atomic E-state index is 10.7. The number of primary amides is 1. The Hall–Kier alpha value is -3.08. The number of urea groups is 1. The molecule has 0 atom stereocenters. The summed E-state index contributed by atoms with van der Waals surface area (Å²) in [5.74, 6) is 0. The van der Waals surface area contributed by atoms with Crippen LogP contribution in [0.2, 0.25) is 0 Å². The number of carbonyl (C=O) groups is 1. The number of aromatic nitrogens is 1. The van der Waals surface area contributed by atoms with Gasteiger partial charge in [-0.3, -0.25) is 0 Å². The van der Waals surface area contributed by atoms with Gasteiger partial charge in [-0.05, 0) is 11.6 Å². The van der Waals surface area contributed by atoms with Gasteiger partial charge in [0.2, 0.25) is 0 Å². The van der Waals surface area contributed by atoms with Crippen molar-refractivity contribution in [1.82, 2.24) is 9.99 Å². The van der Waals surface area contributed by atoms with Crippen LogP contribution in [0.1, 0.15) is 11.1 Å². The molecule has 0 bridgehead atoms. The van der Waals surface area contributed by atoms with Gasteiger partial charge in [0.15, 0.2) is 0 Å².